The van der Waals surface area contributed by atoms with Crippen LogP contribution >= 0.6 is 0 Å². The Morgan fingerprint density at radius 1 is 1.19 bits per heavy atom. The molecule has 158 valence electrons. The van der Waals surface area contributed by atoms with Crippen LogP contribution in [0.15, 0.2) is 59.8 Å². The summed E-state index contributed by atoms with van der Waals surface area (Å²) in [6.45, 7) is 5.12. The summed E-state index contributed by atoms with van der Waals surface area (Å²) in [4.78, 5) is 41.4. The molecule has 0 aliphatic carbocycles. The number of carbonyl (C=O) groups is 2. The number of aromatic amines is 2. The van der Waals surface area contributed by atoms with Crippen molar-refractivity contribution in [2.24, 2.45) is 4.99 Å². The first kappa shape index (κ1) is 20.3. The van der Waals surface area contributed by atoms with Crippen LogP contribution in [0, 0.1) is 0 Å². The number of carbonyl (C=O) groups excluding carboxylic acids is 2. The Morgan fingerprint density at radius 2 is 2.00 bits per heavy atom. The zero-order valence-electron chi connectivity index (χ0n) is 17.5. The first-order chi connectivity index (χ1) is 14.8. The number of amidine groups is 1. The molecular weight excluding hydrogens is 394 g/mol. The van der Waals surface area contributed by atoms with Crippen molar-refractivity contribution in [1.29, 1.82) is 0 Å². The SMILES string of the molecule is CC(C)(C)OC(=O)CN1C(=O)/C(=C/c2c[nH]c3ccccc23)N=C1/C=C/c1cnc[nH]1. The van der Waals surface area contributed by atoms with E-state index in [4.69, 9.17) is 4.74 Å². The zero-order chi connectivity index (χ0) is 22.0. The minimum absolute atomic E-state index is 0.229. The maximum atomic E-state index is 13.1. The third-order valence-electron chi connectivity index (χ3n) is 4.53. The Bertz CT molecular complexity index is 1210. The summed E-state index contributed by atoms with van der Waals surface area (Å²) in [6.07, 6.45) is 10.2. The molecule has 2 N–H and O–H groups in total. The van der Waals surface area contributed by atoms with Gasteiger partial charge in [-0.2, -0.15) is 0 Å². The average Bonchev–Trinajstić information content (AvgIpc) is 3.42. The monoisotopic (exact) mass is 417 g/mol. The standard InChI is InChI=1S/C23H23N5O3/c1-23(2,3)31-21(29)13-28-20(9-8-16-12-24-14-26-16)27-19(22(28)30)10-15-11-25-18-7-5-4-6-17(15)18/h4-12,14,25H,13H2,1-3H3,(H,24,26)/b9-8+,19-10-. The topological polar surface area (TPSA) is 103 Å². The summed E-state index contributed by atoms with van der Waals surface area (Å²) < 4.78 is 5.39. The lowest BCUT2D eigenvalue weighted by atomic mass is 10.1. The molecule has 31 heavy (non-hydrogen) atoms. The van der Waals surface area contributed by atoms with Gasteiger partial charge in [-0.15, -0.1) is 0 Å². The maximum absolute atomic E-state index is 13.1. The molecule has 1 amide bonds. The second-order valence-electron chi connectivity index (χ2n) is 8.11. The number of imidazole rings is 1. The fourth-order valence-corrected chi connectivity index (χ4v) is 3.23. The summed E-state index contributed by atoms with van der Waals surface area (Å²) in [5, 5.41) is 0.984. The molecular formula is C23H23N5O3. The van der Waals surface area contributed by atoms with Crippen LogP contribution in [0.4, 0.5) is 0 Å². The predicted molar refractivity (Wildman–Crippen MR) is 119 cm³/mol. The van der Waals surface area contributed by atoms with Gasteiger partial charge in [-0.25, -0.2) is 9.98 Å². The fraction of sp³-hybridized carbons (Fsp3) is 0.217. The lowest BCUT2D eigenvalue weighted by Gasteiger charge is -2.22. The molecule has 0 bridgehead atoms. The predicted octanol–water partition coefficient (Wildman–Crippen LogP) is 3.53. The third-order valence-corrected chi connectivity index (χ3v) is 4.53. The quantitative estimate of drug-likeness (QED) is 0.490. The van der Waals surface area contributed by atoms with Crippen LogP contribution < -0.4 is 0 Å². The summed E-state index contributed by atoms with van der Waals surface area (Å²) in [5.74, 6) is -0.506. The number of aliphatic imine (C=N–C) groups is 1. The molecule has 2 aromatic heterocycles. The zero-order valence-corrected chi connectivity index (χ0v) is 17.5. The van der Waals surface area contributed by atoms with Crippen molar-refractivity contribution in [3.05, 3.63) is 66.0 Å². The van der Waals surface area contributed by atoms with Gasteiger partial charge in [0.2, 0.25) is 0 Å². The van der Waals surface area contributed by atoms with E-state index in [9.17, 15) is 9.59 Å². The van der Waals surface area contributed by atoms with E-state index in [1.165, 1.54) is 4.90 Å². The van der Waals surface area contributed by atoms with Crippen molar-refractivity contribution in [2.45, 2.75) is 26.4 Å². The fourth-order valence-electron chi connectivity index (χ4n) is 3.23. The summed E-state index contributed by atoms with van der Waals surface area (Å²) in [7, 11) is 0. The van der Waals surface area contributed by atoms with Crippen LogP contribution in [0.5, 0.6) is 0 Å². The van der Waals surface area contributed by atoms with Gasteiger partial charge in [0.15, 0.2) is 0 Å². The Labute approximate surface area is 179 Å². The number of rotatable bonds is 5. The van der Waals surface area contributed by atoms with Gasteiger partial charge >= 0.3 is 5.97 Å². The lowest BCUT2D eigenvalue weighted by Crippen LogP contribution is -2.39. The number of hydrogen-bond acceptors (Lipinski definition) is 5. The van der Waals surface area contributed by atoms with Gasteiger partial charge in [0.1, 0.15) is 23.7 Å². The summed E-state index contributed by atoms with van der Waals surface area (Å²) >= 11 is 0. The highest BCUT2D eigenvalue weighted by Crippen LogP contribution is 2.24. The number of esters is 1. The van der Waals surface area contributed by atoms with E-state index >= 15 is 0 Å². The van der Waals surface area contributed by atoms with Crippen molar-refractivity contribution in [3.8, 4) is 0 Å². The number of hydrogen-bond donors (Lipinski definition) is 2. The van der Waals surface area contributed by atoms with Crippen LogP contribution in [0.1, 0.15) is 32.0 Å². The second-order valence-corrected chi connectivity index (χ2v) is 8.11. The van der Waals surface area contributed by atoms with E-state index in [-0.39, 0.29) is 18.1 Å². The van der Waals surface area contributed by atoms with E-state index in [1.807, 2.05) is 30.5 Å². The Morgan fingerprint density at radius 3 is 2.74 bits per heavy atom. The van der Waals surface area contributed by atoms with Gasteiger partial charge in [0.25, 0.3) is 5.91 Å². The molecule has 0 radical (unpaired) electrons. The van der Waals surface area contributed by atoms with Gasteiger partial charge in [-0.1, -0.05) is 18.2 Å². The van der Waals surface area contributed by atoms with Gasteiger partial charge in [-0.3, -0.25) is 14.5 Å². The van der Waals surface area contributed by atoms with Crippen molar-refractivity contribution in [3.63, 3.8) is 0 Å². The number of benzene rings is 1. The smallest absolute Gasteiger partial charge is 0.326 e. The van der Waals surface area contributed by atoms with Crippen molar-refractivity contribution < 1.29 is 14.3 Å². The van der Waals surface area contributed by atoms with Crippen LogP contribution in [-0.2, 0) is 14.3 Å². The molecule has 8 nitrogen and oxygen atoms in total. The number of aromatic nitrogens is 3. The normalized spacial score (nSPS) is 16.0. The van der Waals surface area contributed by atoms with Crippen molar-refractivity contribution in [1.82, 2.24) is 19.9 Å². The molecule has 0 atom stereocenters. The molecule has 0 spiro atoms. The molecule has 0 saturated heterocycles. The third kappa shape index (κ3) is 4.63. The van der Waals surface area contributed by atoms with Gasteiger partial charge in [0, 0.05) is 22.7 Å². The molecule has 8 heteroatoms. The average molecular weight is 417 g/mol. The van der Waals surface area contributed by atoms with Crippen LogP contribution in [-0.4, -0.2) is 49.7 Å². The van der Waals surface area contributed by atoms with E-state index in [0.29, 0.717) is 5.84 Å². The molecule has 0 saturated carbocycles. The molecule has 1 aliphatic heterocycles. The number of fused-ring (bicyclic) bond motifs is 1. The Hall–Kier alpha value is -3.94. The van der Waals surface area contributed by atoms with E-state index in [0.717, 1.165) is 22.2 Å². The van der Waals surface area contributed by atoms with E-state index in [1.54, 1.807) is 51.5 Å². The largest absolute Gasteiger partial charge is 0.459 e. The lowest BCUT2D eigenvalue weighted by molar-refractivity contribution is -0.156. The number of nitrogens with one attached hydrogen (secondary N) is 2. The number of nitrogens with zero attached hydrogens (tertiary/aromatic N) is 3. The first-order valence-electron chi connectivity index (χ1n) is 9.87. The molecule has 3 heterocycles. The highest BCUT2D eigenvalue weighted by molar-refractivity contribution is 6.20. The number of H-pyrrole nitrogens is 2. The van der Waals surface area contributed by atoms with Crippen molar-refractivity contribution >= 4 is 40.8 Å². The summed E-state index contributed by atoms with van der Waals surface area (Å²) in [5.41, 5.74) is 2.16. The molecule has 0 unspecified atom stereocenters. The first-order valence-corrected chi connectivity index (χ1v) is 9.87. The van der Waals surface area contributed by atoms with E-state index < -0.39 is 11.6 Å². The maximum Gasteiger partial charge on any atom is 0.326 e. The van der Waals surface area contributed by atoms with Gasteiger partial charge in [-0.05, 0) is 45.1 Å². The molecule has 0 fully saturated rings. The molecule has 3 aromatic rings. The minimum atomic E-state index is -0.647. The summed E-state index contributed by atoms with van der Waals surface area (Å²) in [6, 6.07) is 7.81. The number of para-hydroxylation sites is 1. The van der Waals surface area contributed by atoms with Crippen LogP contribution in [0.3, 0.4) is 0 Å². The highest BCUT2D eigenvalue weighted by Gasteiger charge is 2.32. The minimum Gasteiger partial charge on any atom is -0.459 e. The molecule has 1 aliphatic rings. The number of amides is 1. The number of ether oxygens (including phenoxy) is 1. The Kier molecular flexibility index (Phi) is 5.29. The van der Waals surface area contributed by atoms with Crippen LogP contribution in [0.2, 0.25) is 0 Å². The second kappa shape index (κ2) is 8.06. The van der Waals surface area contributed by atoms with Gasteiger partial charge in [0.05, 0.1) is 18.2 Å². The Balaban J connectivity index is 1.66. The van der Waals surface area contributed by atoms with E-state index in [2.05, 4.69) is 19.9 Å². The van der Waals surface area contributed by atoms with Crippen LogP contribution in [0.25, 0.3) is 23.1 Å². The van der Waals surface area contributed by atoms with Crippen molar-refractivity contribution in [2.75, 3.05) is 6.54 Å². The van der Waals surface area contributed by atoms with Gasteiger partial charge < -0.3 is 14.7 Å². The molecule has 4 rings (SSSR count). The highest BCUT2D eigenvalue weighted by atomic mass is 16.6. The molecule has 1 aromatic carbocycles.